The Balaban J connectivity index is 2.36. The first kappa shape index (κ1) is 6.77. The topological polar surface area (TPSA) is 0 Å². The van der Waals surface area contributed by atoms with Crippen molar-refractivity contribution in [1.82, 2.24) is 0 Å². The van der Waals surface area contributed by atoms with Crippen LogP contribution in [0.1, 0.15) is 12.8 Å². The molecule has 1 aliphatic carbocycles. The van der Waals surface area contributed by atoms with E-state index in [1.54, 1.807) is 0 Å². The lowest BCUT2D eigenvalue weighted by Gasteiger charge is -2.03. The molecule has 1 rings (SSSR count). The molecule has 1 saturated carbocycles. The zero-order valence-corrected chi connectivity index (χ0v) is 9.38. The Labute approximate surface area is 67.8 Å². The van der Waals surface area contributed by atoms with E-state index in [1.807, 2.05) is 0 Å². The van der Waals surface area contributed by atoms with Crippen LogP contribution in [0.4, 0.5) is 0 Å². The van der Waals surface area contributed by atoms with Crippen LogP contribution in [0.3, 0.4) is 0 Å². The first-order valence-electron chi connectivity index (χ1n) is 2.17. The third kappa shape index (κ3) is 2.16. The monoisotopic (exact) mass is 306 g/mol. The van der Waals surface area contributed by atoms with Crippen molar-refractivity contribution in [3.05, 3.63) is 0 Å². The molecule has 0 bridgehead atoms. The molecule has 0 atom stereocenters. The molecular weight excluding hydrogens is 304 g/mol. The van der Waals surface area contributed by atoms with Gasteiger partial charge in [0.05, 0.1) is 0 Å². The fourth-order valence-electron chi connectivity index (χ4n) is 0.411. The van der Waals surface area contributed by atoms with Gasteiger partial charge in [-0.05, 0) is 5.54 Å². The van der Waals surface area contributed by atoms with Crippen molar-refractivity contribution in [3.8, 4) is 0 Å². The van der Waals surface area contributed by atoms with E-state index in [-0.39, 0.29) is 0 Å². The van der Waals surface area contributed by atoms with Crippen molar-refractivity contribution >= 4 is 49.8 Å². The second kappa shape index (κ2) is 2.12. The van der Waals surface area contributed by atoms with Gasteiger partial charge in [0.2, 0.25) is 0 Å². The Bertz CT molecular complexity index is 72.7. The fraction of sp³-hybridized carbons (Fsp3) is 1.00. The fourth-order valence-corrected chi connectivity index (χ4v) is 5.35. The molecule has 0 unspecified atom stereocenters. The maximum absolute atomic E-state index is 3.58. The van der Waals surface area contributed by atoms with Crippen LogP contribution in [0.5, 0.6) is 0 Å². The minimum atomic E-state index is -1.19. The second-order valence-electron chi connectivity index (χ2n) is 1.82. The molecule has 0 radical (unpaired) electrons. The van der Waals surface area contributed by atoms with Gasteiger partial charge in [0.15, 0.2) is 0 Å². The quantitative estimate of drug-likeness (QED) is 0.515. The van der Waals surface area contributed by atoms with Gasteiger partial charge in [-0.15, -0.1) is 0 Å². The highest BCUT2D eigenvalue weighted by atomic mass is 80.0. The summed E-state index contributed by atoms with van der Waals surface area (Å²) in [5.74, 6) is 0. The Morgan fingerprint density at radius 3 is 1.57 bits per heavy atom. The minimum Gasteiger partial charge on any atom is -0.0961 e. The molecule has 1 fully saturated rings. The van der Waals surface area contributed by atoms with Crippen LogP contribution in [0.2, 0.25) is 5.54 Å². The summed E-state index contributed by atoms with van der Waals surface area (Å²) in [6.07, 6.45) is 2.79. The van der Waals surface area contributed by atoms with E-state index in [1.165, 1.54) is 12.8 Å². The van der Waals surface area contributed by atoms with E-state index in [4.69, 9.17) is 0 Å². The SMILES string of the molecule is Br[Si](Br)(Br)C1CC1. The van der Waals surface area contributed by atoms with E-state index < -0.39 is 3.93 Å². The Kier molecular flexibility index (Phi) is 2.05. The summed E-state index contributed by atoms with van der Waals surface area (Å²) in [5, 5.41) is 0. The number of hydrogen-bond acceptors (Lipinski definition) is 0. The Morgan fingerprint density at radius 1 is 1.14 bits per heavy atom. The summed E-state index contributed by atoms with van der Waals surface area (Å²) in [6.45, 7) is 0. The minimum absolute atomic E-state index is 0.937. The molecule has 0 nitrogen and oxygen atoms in total. The lowest BCUT2D eigenvalue weighted by atomic mass is 11.0. The normalized spacial score (nSPS) is 22.7. The number of hydrogen-bond donors (Lipinski definition) is 0. The first-order valence-corrected chi connectivity index (χ1v) is 11.0. The van der Waals surface area contributed by atoms with E-state index in [0.717, 1.165) is 5.54 Å². The summed E-state index contributed by atoms with van der Waals surface area (Å²) in [4.78, 5) is 0. The van der Waals surface area contributed by atoms with Crippen molar-refractivity contribution in [2.45, 2.75) is 18.4 Å². The molecular formula is C3H5Br3Si. The molecule has 4 heteroatoms. The highest BCUT2D eigenvalue weighted by molar-refractivity contribution is 9.72. The average molecular weight is 309 g/mol. The van der Waals surface area contributed by atoms with Gasteiger partial charge in [0, 0.05) is 0 Å². The largest absolute Gasteiger partial charge is 0.270 e. The van der Waals surface area contributed by atoms with Gasteiger partial charge in [0.1, 0.15) is 0 Å². The summed E-state index contributed by atoms with van der Waals surface area (Å²) < 4.78 is -1.19. The number of rotatable bonds is 1. The van der Waals surface area contributed by atoms with Crippen LogP contribution >= 0.6 is 45.9 Å². The third-order valence-corrected chi connectivity index (χ3v) is 8.37. The van der Waals surface area contributed by atoms with Gasteiger partial charge < -0.3 is 0 Å². The number of halogens is 3. The molecule has 42 valence electrons. The van der Waals surface area contributed by atoms with Gasteiger partial charge >= 0.3 is 0 Å². The molecule has 0 saturated heterocycles. The smallest absolute Gasteiger partial charge is 0.0961 e. The first-order chi connectivity index (χ1) is 3.11. The molecule has 0 aromatic rings. The van der Waals surface area contributed by atoms with Crippen LogP contribution in [0.25, 0.3) is 0 Å². The molecule has 0 amide bonds. The Morgan fingerprint density at radius 2 is 1.57 bits per heavy atom. The van der Waals surface area contributed by atoms with Crippen molar-refractivity contribution in [2.75, 3.05) is 0 Å². The lowest BCUT2D eigenvalue weighted by Crippen LogP contribution is -2.04. The molecule has 7 heavy (non-hydrogen) atoms. The molecule has 1 aliphatic rings. The summed E-state index contributed by atoms with van der Waals surface area (Å²) in [7, 11) is 0. The van der Waals surface area contributed by atoms with E-state index >= 15 is 0 Å². The maximum atomic E-state index is 3.58. The van der Waals surface area contributed by atoms with E-state index in [0.29, 0.717) is 0 Å². The van der Waals surface area contributed by atoms with E-state index in [9.17, 15) is 0 Å². The van der Waals surface area contributed by atoms with Crippen molar-refractivity contribution in [3.63, 3.8) is 0 Å². The van der Waals surface area contributed by atoms with Crippen LogP contribution in [0, 0.1) is 0 Å². The van der Waals surface area contributed by atoms with Gasteiger partial charge in [-0.25, -0.2) is 0 Å². The second-order valence-corrected chi connectivity index (χ2v) is 24.6. The molecule has 0 aromatic carbocycles. The highest BCUT2D eigenvalue weighted by Crippen LogP contribution is 2.54. The standard InChI is InChI=1S/C3H5Br3Si/c4-7(5,6)3-1-2-3/h3H,1-2H2. The molecule has 0 heterocycles. The molecule has 0 N–H and O–H groups in total. The van der Waals surface area contributed by atoms with Crippen LogP contribution in [-0.4, -0.2) is 3.93 Å². The summed E-state index contributed by atoms with van der Waals surface area (Å²) >= 11 is 10.7. The highest BCUT2D eigenvalue weighted by Gasteiger charge is 2.41. The van der Waals surface area contributed by atoms with Gasteiger partial charge in [-0.3, -0.25) is 0 Å². The zero-order valence-electron chi connectivity index (χ0n) is 3.63. The van der Waals surface area contributed by atoms with Crippen LogP contribution < -0.4 is 0 Å². The van der Waals surface area contributed by atoms with Gasteiger partial charge in [-0.1, -0.05) is 58.7 Å². The van der Waals surface area contributed by atoms with Crippen molar-refractivity contribution in [2.24, 2.45) is 0 Å². The average Bonchev–Trinajstić information content (AvgIpc) is 1.99. The molecule has 0 aliphatic heterocycles. The van der Waals surface area contributed by atoms with E-state index in [2.05, 4.69) is 45.9 Å². The summed E-state index contributed by atoms with van der Waals surface area (Å²) in [5.41, 5.74) is 0.937. The van der Waals surface area contributed by atoms with Crippen LogP contribution in [0.15, 0.2) is 0 Å². The maximum Gasteiger partial charge on any atom is 0.270 e. The third-order valence-electron chi connectivity index (χ3n) is 1.04. The van der Waals surface area contributed by atoms with Crippen LogP contribution in [-0.2, 0) is 0 Å². The van der Waals surface area contributed by atoms with Gasteiger partial charge in [-0.2, -0.15) is 0 Å². The lowest BCUT2D eigenvalue weighted by molar-refractivity contribution is 1.46. The molecule has 0 aromatic heterocycles. The summed E-state index contributed by atoms with van der Waals surface area (Å²) in [6, 6.07) is 0. The van der Waals surface area contributed by atoms with Gasteiger partial charge in [0.25, 0.3) is 3.93 Å². The van der Waals surface area contributed by atoms with Crippen molar-refractivity contribution < 1.29 is 0 Å². The predicted molar refractivity (Wildman–Crippen MR) is 45.5 cm³/mol. The zero-order chi connectivity index (χ0) is 5.49. The molecule has 0 spiro atoms. The predicted octanol–water partition coefficient (Wildman–Crippen LogP) is 3.27. The Hall–Kier alpha value is 1.66. The van der Waals surface area contributed by atoms with Crippen molar-refractivity contribution in [1.29, 1.82) is 0 Å².